The van der Waals surface area contributed by atoms with Crippen LogP contribution in [0, 0.1) is 20.6 Å². The van der Waals surface area contributed by atoms with Gasteiger partial charge < -0.3 is 4.42 Å². The number of hydrogen-bond acceptors (Lipinski definition) is 1. The first-order valence-electron chi connectivity index (χ1n) is 17.5. The molecule has 0 saturated carbocycles. The molecule has 2 heteroatoms. The fraction of sp³-hybridized carbons (Fsp3) is 0.308. The molecule has 0 atom stereocenters. The van der Waals surface area contributed by atoms with Gasteiger partial charge in [-0.15, -0.1) is 0 Å². The molecule has 0 spiro atoms. The molecule has 0 aliphatic heterocycles. The lowest BCUT2D eigenvalue weighted by Gasteiger charge is -2.42. The molecule has 41 heavy (non-hydrogen) atoms. The number of aryl methyl sites for hydroxylation is 4. The predicted molar refractivity (Wildman–Crippen MR) is 173 cm³/mol. The molecule has 0 N–H and O–H groups in total. The predicted octanol–water partition coefficient (Wildman–Crippen LogP) is 10.2. The normalized spacial score (nSPS) is 18.8. The Morgan fingerprint density at radius 3 is 2.24 bits per heavy atom. The Morgan fingerprint density at radius 1 is 0.780 bits per heavy atom. The van der Waals surface area contributed by atoms with Crippen molar-refractivity contribution >= 4 is 32.7 Å². The summed E-state index contributed by atoms with van der Waals surface area (Å²) in [5, 5.41) is 4.41. The zero-order valence-electron chi connectivity index (χ0n) is 30.7. The van der Waals surface area contributed by atoms with Crippen molar-refractivity contribution in [3.63, 3.8) is 0 Å². The first-order valence-corrected chi connectivity index (χ1v) is 14.5. The molecule has 2 aromatic heterocycles. The maximum absolute atomic E-state index is 8.35. The molecule has 0 radical (unpaired) electrons. The quantitative estimate of drug-likeness (QED) is 0.198. The van der Waals surface area contributed by atoms with Gasteiger partial charge in [0.25, 0.3) is 0 Å². The highest BCUT2D eigenvalue weighted by atomic mass is 16.3. The van der Waals surface area contributed by atoms with Gasteiger partial charge in [-0.3, -0.25) is 0 Å². The molecule has 6 aromatic rings. The molecular formula is C39H40NO+. The zero-order chi connectivity index (χ0) is 33.8. The molecule has 7 rings (SSSR count). The van der Waals surface area contributed by atoms with Crippen LogP contribution >= 0.6 is 0 Å². The summed E-state index contributed by atoms with van der Waals surface area (Å²) >= 11 is 0. The number of pyridine rings is 1. The van der Waals surface area contributed by atoms with Crippen LogP contribution in [0.5, 0.6) is 0 Å². The minimum absolute atomic E-state index is 0.0160. The maximum atomic E-state index is 8.35. The van der Waals surface area contributed by atoms with E-state index in [2.05, 4.69) is 71.0 Å². The molecule has 0 bridgehead atoms. The maximum Gasteiger partial charge on any atom is 0.216 e. The summed E-state index contributed by atoms with van der Waals surface area (Å²) in [6.45, 7) is 6.78. The average molecular weight is 545 g/mol. The topological polar surface area (TPSA) is 17.0 Å². The van der Waals surface area contributed by atoms with Gasteiger partial charge in [0.2, 0.25) is 5.69 Å². The first-order chi connectivity index (χ1) is 21.9. The number of hydrogen-bond donors (Lipinski definition) is 0. The van der Waals surface area contributed by atoms with Gasteiger partial charge in [-0.05, 0) is 83.6 Å². The van der Waals surface area contributed by atoms with Gasteiger partial charge in [0, 0.05) is 36.0 Å². The van der Waals surface area contributed by atoms with Crippen molar-refractivity contribution in [2.75, 3.05) is 0 Å². The first kappa shape index (κ1) is 20.0. The molecule has 1 aliphatic rings. The molecule has 0 amide bonds. The lowest BCUT2D eigenvalue weighted by Crippen LogP contribution is -2.34. The summed E-state index contributed by atoms with van der Waals surface area (Å²) in [5.41, 5.74) is 8.73. The van der Waals surface area contributed by atoms with Crippen LogP contribution in [0.15, 0.2) is 77.3 Å². The van der Waals surface area contributed by atoms with Crippen molar-refractivity contribution in [1.82, 2.24) is 0 Å². The average Bonchev–Trinajstić information content (AvgIpc) is 3.37. The smallest absolute Gasteiger partial charge is 0.216 e. The molecule has 0 fully saturated rings. The van der Waals surface area contributed by atoms with Crippen molar-refractivity contribution in [3.05, 3.63) is 101 Å². The Labute approximate surface area is 252 Å². The Bertz CT molecular complexity index is 2230. The molecular weight excluding hydrogens is 498 g/mol. The highest BCUT2D eigenvalue weighted by molar-refractivity contribution is 6.18. The summed E-state index contributed by atoms with van der Waals surface area (Å²) in [5.74, 6) is 0. The van der Waals surface area contributed by atoms with Crippen LogP contribution in [0.4, 0.5) is 0 Å². The summed E-state index contributed by atoms with van der Waals surface area (Å²) in [6.07, 6.45) is 3.89. The summed E-state index contributed by atoms with van der Waals surface area (Å²) < 4.78 is 57.3. The lowest BCUT2D eigenvalue weighted by atomic mass is 9.62. The number of rotatable bonds is 2. The van der Waals surface area contributed by atoms with E-state index >= 15 is 0 Å². The van der Waals surface area contributed by atoms with Crippen molar-refractivity contribution in [2.45, 2.75) is 72.0 Å². The third-order valence-electron chi connectivity index (χ3n) is 9.51. The highest BCUT2D eigenvalue weighted by Crippen LogP contribution is 2.51. The van der Waals surface area contributed by atoms with Gasteiger partial charge in [0.15, 0.2) is 6.20 Å². The van der Waals surface area contributed by atoms with Crippen LogP contribution in [-0.2, 0) is 17.9 Å². The molecule has 4 aromatic carbocycles. The number of aromatic nitrogens is 1. The van der Waals surface area contributed by atoms with Crippen LogP contribution in [0.25, 0.3) is 55.1 Å². The van der Waals surface area contributed by atoms with E-state index in [4.69, 9.17) is 12.6 Å². The molecule has 0 saturated heterocycles. The summed E-state index contributed by atoms with van der Waals surface area (Å²) in [4.78, 5) is 0. The van der Waals surface area contributed by atoms with Crippen LogP contribution in [0.3, 0.4) is 0 Å². The van der Waals surface area contributed by atoms with E-state index in [9.17, 15) is 0 Å². The van der Waals surface area contributed by atoms with Crippen LogP contribution < -0.4 is 4.57 Å². The third kappa shape index (κ3) is 3.87. The molecule has 1 aliphatic carbocycles. The number of benzene rings is 4. The Morgan fingerprint density at radius 2 is 1.49 bits per heavy atom. The molecule has 2 heterocycles. The summed E-state index contributed by atoms with van der Waals surface area (Å²) in [6, 6.07) is 21.5. The van der Waals surface area contributed by atoms with Gasteiger partial charge in [0.1, 0.15) is 18.2 Å². The van der Waals surface area contributed by atoms with Gasteiger partial charge in [0.05, 0.1) is 5.56 Å². The van der Waals surface area contributed by atoms with Gasteiger partial charge in [-0.25, -0.2) is 4.57 Å². The Kier molecular flexibility index (Phi) is 4.30. The van der Waals surface area contributed by atoms with E-state index < -0.39 is 13.7 Å². The van der Waals surface area contributed by atoms with E-state index in [-0.39, 0.29) is 22.0 Å². The van der Waals surface area contributed by atoms with Gasteiger partial charge >= 0.3 is 0 Å². The SMILES string of the molecule is [2H]C([2H])([2H])c1ccc(-c2cc(-c3c(C)ccc4c3oc3c4ccc4ccc5c(c43)C(C)(C)CCC5(C)C)[n+](C)cc2C([2H])([2H])[2H])cc1. The fourth-order valence-corrected chi connectivity index (χ4v) is 7.06. The molecule has 2 nitrogen and oxygen atoms in total. The summed E-state index contributed by atoms with van der Waals surface area (Å²) in [7, 11) is 1.86. The van der Waals surface area contributed by atoms with Gasteiger partial charge in [-0.1, -0.05) is 87.9 Å². The minimum atomic E-state index is -2.38. The van der Waals surface area contributed by atoms with Crippen LogP contribution in [0.1, 0.15) is 76.6 Å². The number of furan rings is 1. The van der Waals surface area contributed by atoms with Crippen molar-refractivity contribution in [2.24, 2.45) is 7.05 Å². The third-order valence-corrected chi connectivity index (χ3v) is 9.51. The number of nitrogens with zero attached hydrogens (tertiary/aromatic N) is 1. The largest absolute Gasteiger partial charge is 0.454 e. The molecule has 206 valence electrons. The Balaban J connectivity index is 1.53. The molecule has 0 unspecified atom stereocenters. The lowest BCUT2D eigenvalue weighted by molar-refractivity contribution is -0.660. The highest BCUT2D eigenvalue weighted by Gasteiger charge is 2.39. The van der Waals surface area contributed by atoms with Crippen molar-refractivity contribution in [1.29, 1.82) is 0 Å². The van der Waals surface area contributed by atoms with E-state index in [0.29, 0.717) is 11.1 Å². The van der Waals surface area contributed by atoms with E-state index in [1.807, 2.05) is 17.7 Å². The monoisotopic (exact) mass is 544 g/mol. The minimum Gasteiger partial charge on any atom is -0.454 e. The van der Waals surface area contributed by atoms with Crippen LogP contribution in [-0.4, -0.2) is 0 Å². The Hall–Kier alpha value is -3.91. The van der Waals surface area contributed by atoms with Crippen molar-refractivity contribution < 1.29 is 17.2 Å². The van der Waals surface area contributed by atoms with E-state index in [1.54, 1.807) is 30.5 Å². The van der Waals surface area contributed by atoms with Gasteiger partial charge in [-0.2, -0.15) is 0 Å². The van der Waals surface area contributed by atoms with Crippen LogP contribution in [0.2, 0.25) is 0 Å². The standard InChI is InChI=1S/C39H40NO/c1-23-9-12-26(13-10-23)30-21-32(40(8)22-25(30)3)33-24(2)11-16-28-29-17-14-27-15-18-31-35(34(27)37(29)41-36(28)33)39(6,7)20-19-38(31,4)5/h9-18,21-22H,19-20H2,1-8H3/q+1/i1D3,3D3. The van der Waals surface area contributed by atoms with Crippen molar-refractivity contribution in [3.8, 4) is 22.4 Å². The van der Waals surface area contributed by atoms with E-state index in [0.717, 1.165) is 57.0 Å². The second kappa shape index (κ2) is 8.79. The second-order valence-corrected chi connectivity index (χ2v) is 13.2. The number of fused-ring (bicyclic) bond motifs is 7. The van der Waals surface area contributed by atoms with E-state index in [1.165, 1.54) is 16.5 Å². The zero-order valence-corrected chi connectivity index (χ0v) is 24.7. The second-order valence-electron chi connectivity index (χ2n) is 13.2. The fourth-order valence-electron chi connectivity index (χ4n) is 7.06.